The Morgan fingerprint density at radius 3 is 2.37 bits per heavy atom. The van der Waals surface area contributed by atoms with E-state index < -0.39 is 78.6 Å². The molecule has 0 spiro atoms. The van der Waals surface area contributed by atoms with Crippen molar-refractivity contribution in [2.45, 2.75) is 122 Å². The quantitative estimate of drug-likeness (QED) is 0.122. The molecular formula is C52H73N7O9. The number of hydrogen-bond acceptors (Lipinski definition) is 15. The third kappa shape index (κ3) is 13.4. The third-order valence-corrected chi connectivity index (χ3v) is 13.6. The van der Waals surface area contributed by atoms with Crippen molar-refractivity contribution in [1.82, 2.24) is 29.8 Å². The molecule has 370 valence electrons. The summed E-state index contributed by atoms with van der Waals surface area (Å²) in [5.41, 5.74) is 5.25. The molecule has 0 saturated carbocycles. The molecular weight excluding hydrogens is 867 g/mol. The summed E-state index contributed by atoms with van der Waals surface area (Å²) in [6.45, 7) is 10.2. The molecule has 0 unspecified atom stereocenters. The van der Waals surface area contributed by atoms with Gasteiger partial charge in [-0.05, 0) is 95.6 Å². The van der Waals surface area contributed by atoms with Crippen LogP contribution in [0.5, 0.6) is 0 Å². The van der Waals surface area contributed by atoms with E-state index in [0.717, 1.165) is 39.1 Å². The summed E-state index contributed by atoms with van der Waals surface area (Å²) in [7, 11) is 7.53. The van der Waals surface area contributed by atoms with Crippen molar-refractivity contribution in [1.29, 1.82) is 0 Å². The number of rotatable bonds is 14. The lowest BCUT2D eigenvalue weighted by atomic mass is 9.79. The van der Waals surface area contributed by atoms with Gasteiger partial charge in [-0.2, -0.15) is 0 Å². The van der Waals surface area contributed by atoms with Crippen LogP contribution in [-0.4, -0.2) is 152 Å². The van der Waals surface area contributed by atoms with Gasteiger partial charge in [0.15, 0.2) is 12.1 Å². The van der Waals surface area contributed by atoms with E-state index >= 15 is 0 Å². The highest BCUT2D eigenvalue weighted by atomic mass is 16.7. The van der Waals surface area contributed by atoms with Crippen molar-refractivity contribution < 1.29 is 44.2 Å². The van der Waals surface area contributed by atoms with Crippen molar-refractivity contribution in [3.63, 3.8) is 0 Å². The summed E-state index contributed by atoms with van der Waals surface area (Å²) >= 11 is 0. The van der Waals surface area contributed by atoms with Crippen LogP contribution in [0.15, 0.2) is 90.8 Å². The van der Waals surface area contributed by atoms with E-state index in [9.17, 15) is 30.0 Å². The summed E-state index contributed by atoms with van der Waals surface area (Å²) in [4.78, 5) is 38.3. The Balaban J connectivity index is 1.37. The van der Waals surface area contributed by atoms with Gasteiger partial charge in [-0.25, -0.2) is 4.68 Å². The molecule has 12 atom stereocenters. The lowest BCUT2D eigenvalue weighted by Gasteiger charge is -2.46. The number of para-hydroxylation sites is 1. The number of carbonyl (C=O) groups is 2. The Bertz CT molecular complexity index is 2320. The fraction of sp³-hybridized carbons (Fsp3) is 0.558. The van der Waals surface area contributed by atoms with Gasteiger partial charge < -0.3 is 44.4 Å². The number of fused-ring (bicyclic) bond motifs is 1. The predicted molar refractivity (Wildman–Crippen MR) is 261 cm³/mol. The minimum Gasteiger partial charge on any atom is -0.462 e. The van der Waals surface area contributed by atoms with Crippen molar-refractivity contribution >= 4 is 28.3 Å². The van der Waals surface area contributed by atoms with E-state index in [1.807, 2.05) is 82.4 Å². The first kappa shape index (κ1) is 52.5. The van der Waals surface area contributed by atoms with E-state index in [-0.39, 0.29) is 18.8 Å². The monoisotopic (exact) mass is 940 g/mol. The number of aromatic nitrogens is 4. The number of allylic oxidation sites excluding steroid dienone is 3. The number of pyridine rings is 1. The summed E-state index contributed by atoms with van der Waals surface area (Å²) < 4.78 is 20.7. The highest BCUT2D eigenvalue weighted by Crippen LogP contribution is 2.35. The van der Waals surface area contributed by atoms with Crippen molar-refractivity contribution in [3.8, 4) is 5.69 Å². The van der Waals surface area contributed by atoms with Gasteiger partial charge >= 0.3 is 5.97 Å². The molecule has 68 heavy (non-hydrogen) atoms. The first-order chi connectivity index (χ1) is 32.5. The Morgan fingerprint density at radius 1 is 0.941 bits per heavy atom. The summed E-state index contributed by atoms with van der Waals surface area (Å²) in [5.74, 6) is -2.96. The van der Waals surface area contributed by atoms with Gasteiger partial charge in [-0.1, -0.05) is 74.0 Å². The number of aliphatic hydroxyl groups excluding tert-OH is 4. The standard InChI is InChI=1S/C52H73N7O9/c1-10-46-39(31-60)23-32(2)15-20-44(61)33(3)24-38(51(34(4)45(62)26-47(63)67-46)68-52-50(65)48(57(8)9)49(64)35(5)66-52)21-22-58(28-36-16-18-41(19-17-36)56(6)7)29-40-30-59(55-54-40)42-25-37-13-11-12-14-43(37)53-27-42/h11-20,23,25,27,30,33-35,38-39,45-46,48-52,60,62,64-65H,10,21-22,24,26,28-29,31H2,1-9H3/b20-15+,32-23+/t33-,34+,35-,38+,39-,45-,46-,48+,49-,50-,51-,52+/m1/s1. The van der Waals surface area contributed by atoms with Crippen LogP contribution in [0, 0.1) is 23.7 Å². The number of cyclic esters (lactones) is 1. The molecule has 6 rings (SSSR count). The second kappa shape index (κ2) is 24.1. The number of anilines is 1. The number of likely N-dealkylation sites (N-methyl/N-ethyl adjacent to an activating group) is 1. The van der Waals surface area contributed by atoms with Gasteiger partial charge in [-0.3, -0.25) is 19.5 Å². The average Bonchev–Trinajstić information content (AvgIpc) is 3.79. The molecule has 0 bridgehead atoms. The third-order valence-electron chi connectivity index (χ3n) is 13.6. The molecule has 1 fully saturated rings. The molecule has 2 aromatic carbocycles. The largest absolute Gasteiger partial charge is 0.462 e. The summed E-state index contributed by atoms with van der Waals surface area (Å²) in [6.07, 6.45) is 2.55. The fourth-order valence-corrected chi connectivity index (χ4v) is 9.49. The first-order valence-electron chi connectivity index (χ1n) is 23.9. The Labute approximate surface area is 401 Å². The number of nitrogens with zero attached hydrogens (tertiary/aromatic N) is 7. The lowest BCUT2D eigenvalue weighted by molar-refractivity contribution is -0.304. The van der Waals surface area contributed by atoms with Crippen LogP contribution in [0.4, 0.5) is 5.69 Å². The van der Waals surface area contributed by atoms with Gasteiger partial charge in [0.05, 0.1) is 72.8 Å². The molecule has 0 aliphatic carbocycles. The number of carbonyl (C=O) groups excluding carboxylic acids is 2. The molecule has 2 aromatic heterocycles. The highest BCUT2D eigenvalue weighted by molar-refractivity contribution is 5.91. The van der Waals surface area contributed by atoms with Gasteiger partial charge in [0.25, 0.3) is 0 Å². The number of aliphatic hydroxyl groups is 4. The van der Waals surface area contributed by atoms with Crippen LogP contribution in [0.2, 0.25) is 0 Å². The summed E-state index contributed by atoms with van der Waals surface area (Å²) in [5, 5.41) is 55.3. The predicted octanol–water partition coefficient (Wildman–Crippen LogP) is 5.10. The van der Waals surface area contributed by atoms with Crippen LogP contribution in [-0.2, 0) is 36.9 Å². The normalized spacial score (nSPS) is 30.3. The second-order valence-corrected chi connectivity index (χ2v) is 19.3. The van der Waals surface area contributed by atoms with E-state index in [0.29, 0.717) is 38.9 Å². The zero-order valence-corrected chi connectivity index (χ0v) is 41.1. The van der Waals surface area contributed by atoms with Crippen LogP contribution in [0.3, 0.4) is 0 Å². The number of esters is 1. The first-order valence-corrected chi connectivity index (χ1v) is 23.9. The van der Waals surface area contributed by atoms with E-state index in [1.165, 1.54) is 0 Å². The van der Waals surface area contributed by atoms with E-state index in [2.05, 4.69) is 44.5 Å². The van der Waals surface area contributed by atoms with Gasteiger partial charge in [-0.15, -0.1) is 5.10 Å². The molecule has 4 N–H and O–H groups in total. The van der Waals surface area contributed by atoms with Crippen LogP contribution < -0.4 is 4.90 Å². The zero-order valence-electron chi connectivity index (χ0n) is 41.1. The van der Waals surface area contributed by atoms with Crippen molar-refractivity contribution in [2.24, 2.45) is 23.7 Å². The van der Waals surface area contributed by atoms with Gasteiger partial charge in [0.2, 0.25) is 0 Å². The van der Waals surface area contributed by atoms with E-state index in [4.69, 9.17) is 14.2 Å². The van der Waals surface area contributed by atoms with Crippen LogP contribution in [0.1, 0.15) is 71.6 Å². The smallest absolute Gasteiger partial charge is 0.308 e. The molecule has 16 nitrogen and oxygen atoms in total. The fourth-order valence-electron chi connectivity index (χ4n) is 9.49. The minimum absolute atomic E-state index is 0.114. The highest BCUT2D eigenvalue weighted by Gasteiger charge is 2.47. The maximum absolute atomic E-state index is 14.0. The number of ether oxygens (including phenoxy) is 3. The van der Waals surface area contributed by atoms with Crippen LogP contribution >= 0.6 is 0 Å². The Hall–Kier alpha value is -4.91. The average molecular weight is 940 g/mol. The molecule has 4 heterocycles. The molecule has 16 heteroatoms. The summed E-state index contributed by atoms with van der Waals surface area (Å²) in [6, 6.07) is 17.5. The Kier molecular flexibility index (Phi) is 18.6. The molecule has 2 aliphatic heterocycles. The maximum Gasteiger partial charge on any atom is 0.308 e. The maximum atomic E-state index is 14.0. The molecule has 0 amide bonds. The number of hydrogen-bond donors (Lipinski definition) is 4. The minimum atomic E-state index is -1.29. The van der Waals surface area contributed by atoms with Crippen molar-refractivity contribution in [3.05, 3.63) is 102 Å². The second-order valence-electron chi connectivity index (χ2n) is 19.3. The number of ketones is 1. The topological polar surface area (TPSA) is 196 Å². The van der Waals surface area contributed by atoms with Crippen LogP contribution in [0.25, 0.3) is 16.6 Å². The van der Waals surface area contributed by atoms with Gasteiger partial charge in [0, 0.05) is 56.0 Å². The Morgan fingerprint density at radius 2 is 1.68 bits per heavy atom. The molecule has 0 radical (unpaired) electrons. The van der Waals surface area contributed by atoms with E-state index in [1.54, 1.807) is 55.9 Å². The van der Waals surface area contributed by atoms with Gasteiger partial charge in [0.1, 0.15) is 12.2 Å². The lowest BCUT2D eigenvalue weighted by Crippen LogP contribution is -2.63. The molecule has 1 saturated heterocycles. The zero-order chi connectivity index (χ0) is 49.2. The van der Waals surface area contributed by atoms with Crippen molar-refractivity contribution in [2.75, 3.05) is 46.2 Å². The molecule has 4 aromatic rings. The SMILES string of the molecule is CC[C@H]1OC(=O)C[C@@H](O)[C@H](C)[C@@H](O[C@@H]2O[C@H](C)[C@@H](O)[C@H](N(C)C)[C@H]2O)[C@@H](CCN(Cc2ccc(N(C)C)cc2)Cc2cn(-c3cnc4ccccc4c3)nn2)C[C@@H](C)C(=O)/C=C/C(C)=C/[C@@H]1CO. The molecule has 2 aliphatic rings. The number of benzene rings is 2.